The lowest BCUT2D eigenvalue weighted by molar-refractivity contribution is 0.0924. The average molecular weight is 262 g/mol. The van der Waals surface area contributed by atoms with E-state index in [1.165, 1.54) is 0 Å². The first-order valence-electron chi connectivity index (χ1n) is 5.38. The highest BCUT2D eigenvalue weighted by atomic mass is 35.5. The number of nitrogens with zero attached hydrogens (tertiary/aromatic N) is 2. The number of carbonyl (C=O) groups excluding carboxylic acids is 1. The van der Waals surface area contributed by atoms with Gasteiger partial charge in [0.05, 0.1) is 0 Å². The molecule has 0 fully saturated rings. The van der Waals surface area contributed by atoms with Crippen LogP contribution in [0.3, 0.4) is 0 Å². The topological polar surface area (TPSA) is 54.9 Å². The van der Waals surface area contributed by atoms with E-state index in [4.69, 9.17) is 11.6 Å². The molecular weight excluding hydrogens is 246 g/mol. The van der Waals surface area contributed by atoms with Gasteiger partial charge in [0.2, 0.25) is 9.47 Å². The smallest absolute Gasteiger partial charge is 0.282 e. The van der Waals surface area contributed by atoms with Crippen molar-refractivity contribution in [1.29, 1.82) is 0 Å². The number of aromatic nitrogens is 2. The SMILES string of the molecule is CCC(CC)C(C)NC(=O)c1nnc(Cl)s1. The van der Waals surface area contributed by atoms with Crippen molar-refractivity contribution in [3.05, 3.63) is 9.47 Å². The van der Waals surface area contributed by atoms with E-state index in [-0.39, 0.29) is 11.9 Å². The molecule has 0 radical (unpaired) electrons. The molecule has 16 heavy (non-hydrogen) atoms. The van der Waals surface area contributed by atoms with E-state index in [1.54, 1.807) is 0 Å². The van der Waals surface area contributed by atoms with Gasteiger partial charge in [0.25, 0.3) is 5.91 Å². The van der Waals surface area contributed by atoms with E-state index in [0.29, 0.717) is 15.4 Å². The van der Waals surface area contributed by atoms with E-state index >= 15 is 0 Å². The molecule has 1 aromatic heterocycles. The third-order valence-corrected chi connectivity index (χ3v) is 3.73. The Morgan fingerprint density at radius 2 is 2.06 bits per heavy atom. The highest BCUT2D eigenvalue weighted by Crippen LogP contribution is 2.16. The summed E-state index contributed by atoms with van der Waals surface area (Å²) in [4.78, 5) is 11.7. The summed E-state index contributed by atoms with van der Waals surface area (Å²) in [5.74, 6) is 0.302. The molecule has 0 bridgehead atoms. The van der Waals surface area contributed by atoms with Crippen molar-refractivity contribution >= 4 is 28.8 Å². The molecule has 0 aliphatic heterocycles. The van der Waals surface area contributed by atoms with Crippen LogP contribution in [0, 0.1) is 5.92 Å². The van der Waals surface area contributed by atoms with Gasteiger partial charge in [-0.1, -0.05) is 38.0 Å². The zero-order valence-electron chi connectivity index (χ0n) is 9.66. The summed E-state index contributed by atoms with van der Waals surface area (Å²) in [7, 11) is 0. The van der Waals surface area contributed by atoms with Gasteiger partial charge in [-0.3, -0.25) is 4.79 Å². The van der Waals surface area contributed by atoms with Gasteiger partial charge in [0.15, 0.2) is 0 Å². The number of hydrogen-bond acceptors (Lipinski definition) is 4. The maximum atomic E-state index is 11.7. The molecule has 6 heteroatoms. The molecule has 0 aliphatic carbocycles. The van der Waals surface area contributed by atoms with Crippen molar-refractivity contribution in [1.82, 2.24) is 15.5 Å². The zero-order chi connectivity index (χ0) is 12.1. The molecule has 1 amide bonds. The van der Waals surface area contributed by atoms with Gasteiger partial charge in [-0.2, -0.15) is 0 Å². The Bertz CT molecular complexity index is 352. The third-order valence-electron chi connectivity index (χ3n) is 2.71. The number of carbonyl (C=O) groups is 1. The number of amides is 1. The molecule has 0 saturated carbocycles. The summed E-state index contributed by atoms with van der Waals surface area (Å²) >= 11 is 6.72. The van der Waals surface area contributed by atoms with Crippen LogP contribution in [0.25, 0.3) is 0 Å². The highest BCUT2D eigenvalue weighted by Gasteiger charge is 2.19. The molecule has 1 aromatic rings. The molecule has 1 N–H and O–H groups in total. The van der Waals surface area contributed by atoms with Crippen molar-refractivity contribution in [3.8, 4) is 0 Å². The molecule has 1 heterocycles. The van der Waals surface area contributed by atoms with E-state index < -0.39 is 0 Å². The summed E-state index contributed by atoms with van der Waals surface area (Å²) in [5.41, 5.74) is 0. The van der Waals surface area contributed by atoms with Gasteiger partial charge in [-0.15, -0.1) is 10.2 Å². The number of hydrogen-bond donors (Lipinski definition) is 1. The van der Waals surface area contributed by atoms with Crippen LogP contribution < -0.4 is 5.32 Å². The minimum absolute atomic E-state index is 0.144. The zero-order valence-corrected chi connectivity index (χ0v) is 11.2. The molecule has 90 valence electrons. The Hall–Kier alpha value is -0.680. The van der Waals surface area contributed by atoms with E-state index in [9.17, 15) is 4.79 Å². The lowest BCUT2D eigenvalue weighted by Crippen LogP contribution is -2.37. The monoisotopic (exact) mass is 261 g/mol. The van der Waals surface area contributed by atoms with Crippen LogP contribution in [0.15, 0.2) is 0 Å². The van der Waals surface area contributed by atoms with Crippen molar-refractivity contribution in [3.63, 3.8) is 0 Å². The fraction of sp³-hybridized carbons (Fsp3) is 0.700. The largest absolute Gasteiger partial charge is 0.347 e. The van der Waals surface area contributed by atoms with Crippen LogP contribution in [-0.2, 0) is 0 Å². The second-order valence-electron chi connectivity index (χ2n) is 3.70. The summed E-state index contributed by atoms with van der Waals surface area (Å²) in [6, 6.07) is 0.144. The van der Waals surface area contributed by atoms with E-state index in [0.717, 1.165) is 24.2 Å². The first kappa shape index (κ1) is 13.4. The van der Waals surface area contributed by atoms with Crippen molar-refractivity contribution in [2.75, 3.05) is 0 Å². The van der Waals surface area contributed by atoms with Gasteiger partial charge >= 0.3 is 0 Å². The Balaban J connectivity index is 2.57. The second kappa shape index (κ2) is 6.15. The predicted octanol–water partition coefficient (Wildman–Crippen LogP) is 2.75. The Labute approximate surface area is 104 Å². The van der Waals surface area contributed by atoms with Crippen LogP contribution >= 0.6 is 22.9 Å². The van der Waals surface area contributed by atoms with Gasteiger partial charge in [-0.25, -0.2) is 0 Å². The van der Waals surface area contributed by atoms with Crippen molar-refractivity contribution < 1.29 is 4.79 Å². The quantitative estimate of drug-likeness (QED) is 0.887. The summed E-state index contributed by atoms with van der Waals surface area (Å²) in [6.45, 7) is 6.26. The maximum Gasteiger partial charge on any atom is 0.282 e. The van der Waals surface area contributed by atoms with Gasteiger partial charge in [0, 0.05) is 6.04 Å². The number of nitrogens with one attached hydrogen (secondary N) is 1. The van der Waals surface area contributed by atoms with E-state index in [2.05, 4.69) is 29.4 Å². The molecule has 1 unspecified atom stereocenters. The number of rotatable bonds is 5. The minimum atomic E-state index is -0.191. The number of halogens is 1. The Morgan fingerprint density at radius 3 is 2.50 bits per heavy atom. The van der Waals surface area contributed by atoms with Crippen LogP contribution in [0.2, 0.25) is 4.47 Å². The molecule has 0 spiro atoms. The lowest BCUT2D eigenvalue weighted by atomic mass is 9.95. The molecule has 1 rings (SSSR count). The highest BCUT2D eigenvalue weighted by molar-refractivity contribution is 7.17. The van der Waals surface area contributed by atoms with E-state index in [1.807, 2.05) is 6.92 Å². The average Bonchev–Trinajstić information content (AvgIpc) is 2.66. The lowest BCUT2D eigenvalue weighted by Gasteiger charge is -2.21. The first-order chi connectivity index (χ1) is 7.58. The second-order valence-corrected chi connectivity index (χ2v) is 5.26. The third kappa shape index (κ3) is 3.42. The predicted molar refractivity (Wildman–Crippen MR) is 65.9 cm³/mol. The fourth-order valence-corrected chi connectivity index (χ4v) is 2.41. The Morgan fingerprint density at radius 1 is 1.44 bits per heavy atom. The van der Waals surface area contributed by atoms with Crippen LogP contribution in [0.1, 0.15) is 43.4 Å². The summed E-state index contributed by atoms with van der Waals surface area (Å²) in [6.07, 6.45) is 2.10. The molecule has 4 nitrogen and oxygen atoms in total. The summed E-state index contributed by atoms with van der Waals surface area (Å²) < 4.78 is 0.292. The molecular formula is C10H16ClN3OS. The molecule has 0 aliphatic rings. The first-order valence-corrected chi connectivity index (χ1v) is 6.57. The minimum Gasteiger partial charge on any atom is -0.347 e. The molecule has 0 saturated heterocycles. The molecule has 0 aromatic carbocycles. The Kier molecular flexibility index (Phi) is 5.15. The van der Waals surface area contributed by atoms with Crippen molar-refractivity contribution in [2.24, 2.45) is 5.92 Å². The van der Waals surface area contributed by atoms with Gasteiger partial charge in [-0.05, 0) is 24.4 Å². The van der Waals surface area contributed by atoms with Gasteiger partial charge < -0.3 is 5.32 Å². The maximum absolute atomic E-state index is 11.7. The van der Waals surface area contributed by atoms with Gasteiger partial charge in [0.1, 0.15) is 0 Å². The standard InChI is InChI=1S/C10H16ClN3OS/c1-4-7(5-2)6(3)12-8(15)9-13-14-10(11)16-9/h6-7H,4-5H2,1-3H3,(H,12,15). The normalized spacial score (nSPS) is 12.8. The summed E-state index contributed by atoms with van der Waals surface area (Å²) in [5, 5.41) is 10.6. The van der Waals surface area contributed by atoms with Crippen LogP contribution in [-0.4, -0.2) is 22.1 Å². The van der Waals surface area contributed by atoms with Crippen LogP contribution in [0.4, 0.5) is 0 Å². The van der Waals surface area contributed by atoms with Crippen LogP contribution in [0.5, 0.6) is 0 Å². The van der Waals surface area contributed by atoms with Crippen molar-refractivity contribution in [2.45, 2.75) is 39.7 Å². The fourth-order valence-electron chi connectivity index (χ4n) is 1.68. The molecule has 1 atom stereocenters.